The molecule has 0 spiro atoms. The third kappa shape index (κ3) is 3.36. The second kappa shape index (κ2) is 6.40. The lowest BCUT2D eigenvalue weighted by atomic mass is 9.72. The topological polar surface area (TPSA) is 95.1 Å². The van der Waals surface area contributed by atoms with E-state index in [-0.39, 0.29) is 17.4 Å². The Labute approximate surface area is 141 Å². The van der Waals surface area contributed by atoms with E-state index in [1.165, 1.54) is 18.9 Å². The fourth-order valence-corrected chi connectivity index (χ4v) is 3.41. The minimum atomic E-state index is -0.638. The molecule has 0 aliphatic heterocycles. The molecule has 3 rings (SSSR count). The third-order valence-corrected chi connectivity index (χ3v) is 5.24. The standard InChI is InChI=1S/C19H24FN3O/c20-16-8-7-15(11-17(16)21)19(23,10-9-12-1-2-12)14-5-3-13(4-6-14)18(22)24/h3-6,8,11-12,15H,1-2,7,9-10,21,23H2,(H2,22,24). The van der Waals surface area contributed by atoms with E-state index < -0.39 is 11.4 Å². The van der Waals surface area contributed by atoms with Crippen molar-refractivity contribution in [2.24, 2.45) is 29.0 Å². The van der Waals surface area contributed by atoms with Crippen LogP contribution in [-0.4, -0.2) is 5.91 Å². The molecule has 5 heteroatoms. The molecule has 0 aromatic heterocycles. The highest BCUT2D eigenvalue weighted by atomic mass is 19.1. The van der Waals surface area contributed by atoms with Crippen LogP contribution < -0.4 is 17.2 Å². The highest BCUT2D eigenvalue weighted by molar-refractivity contribution is 5.92. The number of benzene rings is 1. The van der Waals surface area contributed by atoms with E-state index in [4.69, 9.17) is 17.2 Å². The van der Waals surface area contributed by atoms with Gasteiger partial charge in [-0.15, -0.1) is 0 Å². The molecule has 0 saturated heterocycles. The van der Waals surface area contributed by atoms with Crippen LogP contribution in [0.15, 0.2) is 47.9 Å². The zero-order valence-corrected chi connectivity index (χ0v) is 13.7. The predicted octanol–water partition coefficient (Wildman–Crippen LogP) is 2.85. The quantitative estimate of drug-likeness (QED) is 0.749. The molecule has 2 aliphatic rings. The van der Waals surface area contributed by atoms with E-state index in [1.807, 2.05) is 12.1 Å². The van der Waals surface area contributed by atoms with E-state index in [9.17, 15) is 9.18 Å². The van der Waals surface area contributed by atoms with Crippen molar-refractivity contribution in [2.45, 2.75) is 37.6 Å². The fraction of sp³-hybridized carbons (Fsp3) is 0.421. The van der Waals surface area contributed by atoms with Crippen LogP contribution >= 0.6 is 0 Å². The Kier molecular flexibility index (Phi) is 4.45. The summed E-state index contributed by atoms with van der Waals surface area (Å²) in [6, 6.07) is 7.10. The number of carbonyl (C=O) groups is 1. The molecule has 1 amide bonds. The average Bonchev–Trinajstić information content (AvgIpc) is 3.39. The molecular weight excluding hydrogens is 305 g/mol. The lowest BCUT2D eigenvalue weighted by Gasteiger charge is -2.38. The SMILES string of the molecule is NC(=O)c1ccc(C(N)(CCC2CC2)C2C=C(N)C(F)=CC2)cc1. The van der Waals surface area contributed by atoms with Gasteiger partial charge in [-0.3, -0.25) is 4.79 Å². The van der Waals surface area contributed by atoms with E-state index in [0.29, 0.717) is 12.0 Å². The van der Waals surface area contributed by atoms with Gasteiger partial charge in [-0.2, -0.15) is 0 Å². The number of primary amides is 1. The molecular formula is C19H24FN3O. The van der Waals surface area contributed by atoms with E-state index in [2.05, 4.69) is 0 Å². The fourth-order valence-electron chi connectivity index (χ4n) is 3.41. The Hall–Kier alpha value is -2.14. The monoisotopic (exact) mass is 329 g/mol. The van der Waals surface area contributed by atoms with Crippen molar-refractivity contribution >= 4 is 5.91 Å². The van der Waals surface area contributed by atoms with Gasteiger partial charge >= 0.3 is 0 Å². The van der Waals surface area contributed by atoms with Crippen LogP contribution in [0.5, 0.6) is 0 Å². The Morgan fingerprint density at radius 1 is 1.25 bits per heavy atom. The second-order valence-corrected chi connectivity index (χ2v) is 6.98. The van der Waals surface area contributed by atoms with Gasteiger partial charge in [0, 0.05) is 17.0 Å². The van der Waals surface area contributed by atoms with Gasteiger partial charge in [0.1, 0.15) is 5.83 Å². The molecule has 0 radical (unpaired) electrons. The van der Waals surface area contributed by atoms with Crippen molar-refractivity contribution < 1.29 is 9.18 Å². The van der Waals surface area contributed by atoms with Crippen molar-refractivity contribution in [3.8, 4) is 0 Å². The largest absolute Gasteiger partial charge is 0.397 e. The summed E-state index contributed by atoms with van der Waals surface area (Å²) in [5, 5.41) is 0. The lowest BCUT2D eigenvalue weighted by molar-refractivity contribution is 0.1000. The third-order valence-electron chi connectivity index (χ3n) is 5.24. The van der Waals surface area contributed by atoms with Crippen LogP contribution in [0.4, 0.5) is 4.39 Å². The van der Waals surface area contributed by atoms with Gasteiger partial charge in [-0.1, -0.05) is 31.1 Å². The summed E-state index contributed by atoms with van der Waals surface area (Å²) in [6.45, 7) is 0. The number of amides is 1. The molecule has 1 saturated carbocycles. The van der Waals surface area contributed by atoms with E-state index >= 15 is 0 Å². The average molecular weight is 329 g/mol. The molecule has 1 aromatic rings. The normalized spacial score (nSPS) is 23.2. The Bertz CT molecular complexity index is 691. The summed E-state index contributed by atoms with van der Waals surface area (Å²) >= 11 is 0. The van der Waals surface area contributed by atoms with Crippen molar-refractivity contribution in [1.82, 2.24) is 0 Å². The number of hydrogen-bond donors (Lipinski definition) is 3. The van der Waals surface area contributed by atoms with Gasteiger partial charge < -0.3 is 17.2 Å². The first-order chi connectivity index (χ1) is 11.4. The maximum absolute atomic E-state index is 13.6. The molecule has 2 unspecified atom stereocenters. The van der Waals surface area contributed by atoms with Crippen LogP contribution in [0.2, 0.25) is 0 Å². The molecule has 2 atom stereocenters. The molecule has 24 heavy (non-hydrogen) atoms. The van der Waals surface area contributed by atoms with Crippen molar-refractivity contribution in [1.29, 1.82) is 0 Å². The Morgan fingerprint density at radius 3 is 2.46 bits per heavy atom. The summed E-state index contributed by atoms with van der Waals surface area (Å²) in [5.74, 6) is -0.168. The van der Waals surface area contributed by atoms with Crippen molar-refractivity contribution in [3.05, 3.63) is 59.1 Å². The van der Waals surface area contributed by atoms with Crippen LogP contribution in [0.25, 0.3) is 0 Å². The Morgan fingerprint density at radius 2 is 1.92 bits per heavy atom. The minimum absolute atomic E-state index is 0.0739. The van der Waals surface area contributed by atoms with Gasteiger partial charge in [0.15, 0.2) is 0 Å². The predicted molar refractivity (Wildman–Crippen MR) is 92.4 cm³/mol. The van der Waals surface area contributed by atoms with Gasteiger partial charge in [-0.05, 0) is 49.0 Å². The highest BCUT2D eigenvalue weighted by Gasteiger charge is 2.38. The van der Waals surface area contributed by atoms with Crippen LogP contribution in [0, 0.1) is 11.8 Å². The molecule has 2 aliphatic carbocycles. The number of rotatable bonds is 6. The number of carbonyl (C=O) groups excluding carboxylic acids is 1. The first kappa shape index (κ1) is 16.7. The maximum atomic E-state index is 13.6. The molecule has 0 bridgehead atoms. The first-order valence-electron chi connectivity index (χ1n) is 8.42. The minimum Gasteiger partial charge on any atom is -0.397 e. The van der Waals surface area contributed by atoms with E-state index in [0.717, 1.165) is 24.3 Å². The molecule has 128 valence electrons. The first-order valence-corrected chi connectivity index (χ1v) is 8.42. The molecule has 1 aromatic carbocycles. The maximum Gasteiger partial charge on any atom is 0.248 e. The molecule has 1 fully saturated rings. The summed E-state index contributed by atoms with van der Waals surface area (Å²) in [6.07, 6.45) is 8.13. The van der Waals surface area contributed by atoms with Crippen molar-refractivity contribution in [3.63, 3.8) is 0 Å². The highest BCUT2D eigenvalue weighted by Crippen LogP contribution is 2.42. The van der Waals surface area contributed by atoms with Crippen LogP contribution in [-0.2, 0) is 5.54 Å². The zero-order valence-electron chi connectivity index (χ0n) is 13.7. The molecule has 6 N–H and O–H groups in total. The smallest absolute Gasteiger partial charge is 0.248 e. The summed E-state index contributed by atoms with van der Waals surface area (Å²) in [4.78, 5) is 11.3. The second-order valence-electron chi connectivity index (χ2n) is 6.98. The van der Waals surface area contributed by atoms with Gasteiger partial charge in [0.25, 0.3) is 0 Å². The number of allylic oxidation sites excluding steroid dienone is 2. The lowest BCUT2D eigenvalue weighted by Crippen LogP contribution is -2.44. The van der Waals surface area contributed by atoms with Crippen LogP contribution in [0.1, 0.15) is 48.0 Å². The van der Waals surface area contributed by atoms with E-state index in [1.54, 1.807) is 18.2 Å². The van der Waals surface area contributed by atoms with Crippen LogP contribution in [0.3, 0.4) is 0 Å². The summed E-state index contributed by atoms with van der Waals surface area (Å²) < 4.78 is 13.6. The zero-order chi connectivity index (χ0) is 17.3. The Balaban J connectivity index is 1.90. The number of halogens is 1. The molecule has 4 nitrogen and oxygen atoms in total. The summed E-state index contributed by atoms with van der Waals surface area (Å²) in [7, 11) is 0. The van der Waals surface area contributed by atoms with Gasteiger partial charge in [0.05, 0.1) is 5.70 Å². The van der Waals surface area contributed by atoms with Gasteiger partial charge in [0.2, 0.25) is 5.91 Å². The molecule has 0 heterocycles. The number of hydrogen-bond acceptors (Lipinski definition) is 3. The van der Waals surface area contributed by atoms with Gasteiger partial charge in [-0.25, -0.2) is 4.39 Å². The number of nitrogens with two attached hydrogens (primary N) is 3. The summed E-state index contributed by atoms with van der Waals surface area (Å²) in [5.41, 5.74) is 18.8. The van der Waals surface area contributed by atoms with Crippen molar-refractivity contribution in [2.75, 3.05) is 0 Å².